The summed E-state index contributed by atoms with van der Waals surface area (Å²) in [4.78, 5) is 12.4. The van der Waals surface area contributed by atoms with E-state index in [1.807, 2.05) is 6.07 Å². The lowest BCUT2D eigenvalue weighted by Gasteiger charge is -2.15. The minimum absolute atomic E-state index is 0.156. The summed E-state index contributed by atoms with van der Waals surface area (Å²) in [5, 5.41) is 9.02. The van der Waals surface area contributed by atoms with Gasteiger partial charge in [-0.25, -0.2) is 13.2 Å². The molecule has 6 nitrogen and oxygen atoms in total. The predicted octanol–water partition coefficient (Wildman–Crippen LogP) is 2.56. The van der Waals surface area contributed by atoms with Crippen LogP contribution in [0.5, 0.6) is 5.75 Å². The molecule has 0 saturated carbocycles. The van der Waals surface area contributed by atoms with Gasteiger partial charge in [0.2, 0.25) is 10.0 Å². The third-order valence-electron chi connectivity index (χ3n) is 4.00. The molecule has 7 heteroatoms. The highest BCUT2D eigenvalue weighted by molar-refractivity contribution is 7.89. The molecule has 1 heterocycles. The molecule has 0 amide bonds. The molecule has 128 valence electrons. The standard InChI is InChI=1S/C18H16N2O4S/c19-13-15-5-1-2-6-17(15)24-18(21)14-7-9-16(10-8-14)25(22,23)20-11-3-4-12-20/h1-2,5-10H,3-4,11-12H2. The van der Waals surface area contributed by atoms with E-state index in [0.717, 1.165) is 12.8 Å². The van der Waals surface area contributed by atoms with Crippen LogP contribution in [0.4, 0.5) is 0 Å². The van der Waals surface area contributed by atoms with Crippen molar-refractivity contribution in [3.05, 3.63) is 59.7 Å². The zero-order chi connectivity index (χ0) is 17.9. The summed E-state index contributed by atoms with van der Waals surface area (Å²) in [5.74, 6) is -0.475. The normalized spacial score (nSPS) is 14.8. The Labute approximate surface area is 146 Å². The molecule has 1 fully saturated rings. The van der Waals surface area contributed by atoms with Crippen LogP contribution in [0.3, 0.4) is 0 Å². The summed E-state index contributed by atoms with van der Waals surface area (Å²) >= 11 is 0. The van der Waals surface area contributed by atoms with Crippen LogP contribution >= 0.6 is 0 Å². The smallest absolute Gasteiger partial charge is 0.343 e. The van der Waals surface area contributed by atoms with E-state index < -0.39 is 16.0 Å². The van der Waals surface area contributed by atoms with Gasteiger partial charge in [-0.05, 0) is 49.2 Å². The Balaban J connectivity index is 1.78. The number of sulfonamides is 1. The van der Waals surface area contributed by atoms with Crippen molar-refractivity contribution in [1.82, 2.24) is 4.31 Å². The van der Waals surface area contributed by atoms with Gasteiger partial charge in [0, 0.05) is 13.1 Å². The highest BCUT2D eigenvalue weighted by Crippen LogP contribution is 2.22. The number of ether oxygens (including phenoxy) is 1. The number of carbonyl (C=O) groups is 1. The lowest BCUT2D eigenvalue weighted by atomic mass is 10.2. The molecule has 0 aromatic heterocycles. The summed E-state index contributed by atoms with van der Waals surface area (Å²) in [6.07, 6.45) is 1.73. The summed E-state index contributed by atoms with van der Waals surface area (Å²) in [5.41, 5.74) is 0.470. The van der Waals surface area contributed by atoms with Crippen LogP contribution in [0.15, 0.2) is 53.4 Å². The van der Waals surface area contributed by atoms with Crippen molar-refractivity contribution in [2.75, 3.05) is 13.1 Å². The van der Waals surface area contributed by atoms with Gasteiger partial charge in [-0.15, -0.1) is 0 Å². The van der Waals surface area contributed by atoms with Crippen LogP contribution < -0.4 is 4.74 Å². The fourth-order valence-electron chi connectivity index (χ4n) is 2.65. The average Bonchev–Trinajstić information content (AvgIpc) is 3.18. The lowest BCUT2D eigenvalue weighted by molar-refractivity contribution is 0.0734. The zero-order valence-electron chi connectivity index (χ0n) is 13.4. The van der Waals surface area contributed by atoms with E-state index in [9.17, 15) is 13.2 Å². The molecule has 2 aromatic carbocycles. The van der Waals surface area contributed by atoms with Gasteiger partial charge in [0.05, 0.1) is 16.0 Å². The van der Waals surface area contributed by atoms with E-state index in [4.69, 9.17) is 10.00 Å². The number of para-hydroxylation sites is 1. The van der Waals surface area contributed by atoms with Gasteiger partial charge in [0.25, 0.3) is 0 Å². The number of esters is 1. The number of rotatable bonds is 4. The third-order valence-corrected chi connectivity index (χ3v) is 5.92. The molecule has 0 radical (unpaired) electrons. The number of nitrogens with zero attached hydrogens (tertiary/aromatic N) is 2. The van der Waals surface area contributed by atoms with Gasteiger partial charge < -0.3 is 4.74 Å². The molecular formula is C18H16N2O4S. The first-order valence-electron chi connectivity index (χ1n) is 7.84. The van der Waals surface area contributed by atoms with Crippen molar-refractivity contribution < 1.29 is 17.9 Å². The van der Waals surface area contributed by atoms with Gasteiger partial charge in [0.1, 0.15) is 11.8 Å². The fourth-order valence-corrected chi connectivity index (χ4v) is 4.16. The molecule has 3 rings (SSSR count). The first-order chi connectivity index (χ1) is 12.0. The third kappa shape index (κ3) is 3.55. The van der Waals surface area contributed by atoms with Crippen molar-refractivity contribution in [3.8, 4) is 11.8 Å². The SMILES string of the molecule is N#Cc1ccccc1OC(=O)c1ccc(S(=O)(=O)N2CCCC2)cc1. The average molecular weight is 356 g/mol. The molecular weight excluding hydrogens is 340 g/mol. The molecule has 2 aromatic rings. The molecule has 25 heavy (non-hydrogen) atoms. The van der Waals surface area contributed by atoms with E-state index >= 15 is 0 Å². The Morgan fingerprint density at radius 2 is 1.68 bits per heavy atom. The molecule has 0 unspecified atom stereocenters. The Hall–Kier alpha value is -2.69. The van der Waals surface area contributed by atoms with Crippen molar-refractivity contribution in [1.29, 1.82) is 5.26 Å². The molecule has 1 aliphatic heterocycles. The van der Waals surface area contributed by atoms with Gasteiger partial charge >= 0.3 is 5.97 Å². The van der Waals surface area contributed by atoms with Crippen LogP contribution in [-0.2, 0) is 10.0 Å². The molecule has 0 spiro atoms. The minimum Gasteiger partial charge on any atom is -0.422 e. The molecule has 0 bridgehead atoms. The van der Waals surface area contributed by atoms with Gasteiger partial charge in [-0.2, -0.15) is 9.57 Å². The van der Waals surface area contributed by atoms with Crippen LogP contribution in [0.25, 0.3) is 0 Å². The molecule has 1 aliphatic rings. The Morgan fingerprint density at radius 1 is 1.04 bits per heavy atom. The van der Waals surface area contributed by atoms with Crippen molar-refractivity contribution in [2.24, 2.45) is 0 Å². The van der Waals surface area contributed by atoms with Gasteiger partial charge in [-0.1, -0.05) is 12.1 Å². The zero-order valence-corrected chi connectivity index (χ0v) is 14.2. The second kappa shape index (κ2) is 7.05. The quantitative estimate of drug-likeness (QED) is 0.621. The minimum atomic E-state index is -3.51. The highest BCUT2D eigenvalue weighted by Gasteiger charge is 2.27. The number of nitriles is 1. The van der Waals surface area contributed by atoms with Crippen LogP contribution in [-0.4, -0.2) is 31.8 Å². The number of benzene rings is 2. The van der Waals surface area contributed by atoms with E-state index in [-0.39, 0.29) is 21.8 Å². The number of hydrogen-bond donors (Lipinski definition) is 0. The Morgan fingerprint density at radius 3 is 2.32 bits per heavy atom. The monoisotopic (exact) mass is 356 g/mol. The maximum Gasteiger partial charge on any atom is 0.343 e. The highest BCUT2D eigenvalue weighted by atomic mass is 32.2. The van der Waals surface area contributed by atoms with E-state index in [1.165, 1.54) is 34.6 Å². The van der Waals surface area contributed by atoms with Crippen molar-refractivity contribution in [2.45, 2.75) is 17.7 Å². The number of hydrogen-bond acceptors (Lipinski definition) is 5. The van der Waals surface area contributed by atoms with E-state index in [2.05, 4.69) is 0 Å². The lowest BCUT2D eigenvalue weighted by Crippen LogP contribution is -2.27. The maximum atomic E-state index is 12.5. The first kappa shape index (κ1) is 17.1. The predicted molar refractivity (Wildman–Crippen MR) is 90.6 cm³/mol. The van der Waals surface area contributed by atoms with Crippen LogP contribution in [0.1, 0.15) is 28.8 Å². The van der Waals surface area contributed by atoms with Crippen LogP contribution in [0.2, 0.25) is 0 Å². The summed E-state index contributed by atoms with van der Waals surface area (Å²) in [7, 11) is -3.51. The Bertz CT molecular complexity index is 924. The Kier molecular flexibility index (Phi) is 4.83. The van der Waals surface area contributed by atoms with Crippen LogP contribution in [0, 0.1) is 11.3 Å². The fraction of sp³-hybridized carbons (Fsp3) is 0.222. The second-order valence-electron chi connectivity index (χ2n) is 5.63. The maximum absolute atomic E-state index is 12.5. The first-order valence-corrected chi connectivity index (χ1v) is 9.28. The summed E-state index contributed by atoms with van der Waals surface area (Å²) < 4.78 is 31.6. The largest absolute Gasteiger partial charge is 0.422 e. The summed E-state index contributed by atoms with van der Waals surface area (Å²) in [6.45, 7) is 1.05. The molecule has 1 saturated heterocycles. The van der Waals surface area contributed by atoms with Gasteiger partial charge in [-0.3, -0.25) is 0 Å². The van der Waals surface area contributed by atoms with E-state index in [0.29, 0.717) is 13.1 Å². The van der Waals surface area contributed by atoms with E-state index in [1.54, 1.807) is 18.2 Å². The van der Waals surface area contributed by atoms with Crippen molar-refractivity contribution in [3.63, 3.8) is 0 Å². The second-order valence-corrected chi connectivity index (χ2v) is 7.57. The molecule has 0 aliphatic carbocycles. The number of carbonyl (C=O) groups excluding carboxylic acids is 1. The van der Waals surface area contributed by atoms with Gasteiger partial charge in [0.15, 0.2) is 0 Å². The summed E-state index contributed by atoms with van der Waals surface area (Å²) in [6, 6.07) is 14.0. The topological polar surface area (TPSA) is 87.5 Å². The molecule has 0 atom stereocenters. The molecule has 0 N–H and O–H groups in total. The van der Waals surface area contributed by atoms with Crippen molar-refractivity contribution >= 4 is 16.0 Å².